The van der Waals surface area contributed by atoms with Crippen LogP contribution in [0.25, 0.3) is 0 Å². The topological polar surface area (TPSA) is 57.4 Å². The van der Waals surface area contributed by atoms with Crippen LogP contribution in [0.3, 0.4) is 0 Å². The molecule has 2 N–H and O–H groups in total. The van der Waals surface area contributed by atoms with Crippen LogP contribution >= 0.6 is 0 Å². The lowest BCUT2D eigenvalue weighted by Gasteiger charge is -2.16. The van der Waals surface area contributed by atoms with Gasteiger partial charge in [-0.3, -0.25) is 4.98 Å². The van der Waals surface area contributed by atoms with E-state index in [1.807, 2.05) is 30.3 Å². The van der Waals surface area contributed by atoms with E-state index in [0.717, 1.165) is 29.0 Å². The zero-order valence-electron chi connectivity index (χ0n) is 11.2. The summed E-state index contributed by atoms with van der Waals surface area (Å²) >= 11 is 0. The van der Waals surface area contributed by atoms with E-state index in [1.54, 1.807) is 26.6 Å². The van der Waals surface area contributed by atoms with E-state index in [9.17, 15) is 0 Å². The first-order chi connectivity index (χ1) is 9.24. The molecule has 19 heavy (non-hydrogen) atoms. The molecule has 0 saturated carbocycles. The average molecular weight is 258 g/mol. The number of ether oxygens (including phenoxy) is 2. The Kier molecular flexibility index (Phi) is 4.36. The van der Waals surface area contributed by atoms with E-state index >= 15 is 0 Å². The van der Waals surface area contributed by atoms with Crippen LogP contribution in [0.15, 0.2) is 42.7 Å². The zero-order chi connectivity index (χ0) is 13.7. The SMILES string of the molecule is COc1ccc(OC)c(C(N)Cc2ccncc2)c1. The van der Waals surface area contributed by atoms with E-state index in [2.05, 4.69) is 4.98 Å². The molecule has 0 radical (unpaired) electrons. The van der Waals surface area contributed by atoms with Crippen molar-refractivity contribution in [1.82, 2.24) is 4.98 Å². The van der Waals surface area contributed by atoms with E-state index in [1.165, 1.54) is 0 Å². The Morgan fingerprint density at radius 2 is 1.84 bits per heavy atom. The van der Waals surface area contributed by atoms with E-state index in [4.69, 9.17) is 15.2 Å². The summed E-state index contributed by atoms with van der Waals surface area (Å²) in [6.07, 6.45) is 4.27. The second kappa shape index (κ2) is 6.20. The Hall–Kier alpha value is -2.07. The molecule has 0 spiro atoms. The van der Waals surface area contributed by atoms with Crippen molar-refractivity contribution in [3.63, 3.8) is 0 Å². The monoisotopic (exact) mass is 258 g/mol. The molecule has 1 atom stereocenters. The second-order valence-corrected chi connectivity index (χ2v) is 4.27. The third-order valence-electron chi connectivity index (χ3n) is 3.04. The Morgan fingerprint density at radius 1 is 1.11 bits per heavy atom. The Bertz CT molecular complexity index is 529. The minimum atomic E-state index is -0.146. The number of hydrogen-bond acceptors (Lipinski definition) is 4. The number of benzene rings is 1. The summed E-state index contributed by atoms with van der Waals surface area (Å²) < 4.78 is 10.6. The van der Waals surface area contributed by atoms with Gasteiger partial charge in [-0.1, -0.05) is 0 Å². The number of nitrogens with zero attached hydrogens (tertiary/aromatic N) is 1. The highest BCUT2D eigenvalue weighted by atomic mass is 16.5. The molecule has 0 aliphatic heterocycles. The molecule has 4 nitrogen and oxygen atoms in total. The van der Waals surface area contributed by atoms with Gasteiger partial charge < -0.3 is 15.2 Å². The maximum absolute atomic E-state index is 6.27. The lowest BCUT2D eigenvalue weighted by molar-refractivity contribution is 0.395. The molecule has 0 saturated heterocycles. The van der Waals surface area contributed by atoms with Crippen LogP contribution in [0.5, 0.6) is 11.5 Å². The minimum absolute atomic E-state index is 0.146. The summed E-state index contributed by atoms with van der Waals surface area (Å²) in [5.41, 5.74) is 8.36. The summed E-state index contributed by atoms with van der Waals surface area (Å²) in [6.45, 7) is 0. The van der Waals surface area contributed by atoms with Crippen molar-refractivity contribution in [2.45, 2.75) is 12.5 Å². The van der Waals surface area contributed by atoms with Crippen molar-refractivity contribution < 1.29 is 9.47 Å². The number of aromatic nitrogens is 1. The van der Waals surface area contributed by atoms with Crippen LogP contribution < -0.4 is 15.2 Å². The fourth-order valence-electron chi connectivity index (χ4n) is 2.01. The molecule has 2 rings (SSSR count). The number of rotatable bonds is 5. The fraction of sp³-hybridized carbons (Fsp3) is 0.267. The molecule has 1 aromatic carbocycles. The number of pyridine rings is 1. The average Bonchev–Trinajstić information content (AvgIpc) is 2.47. The van der Waals surface area contributed by atoms with Gasteiger partial charge in [0.05, 0.1) is 14.2 Å². The van der Waals surface area contributed by atoms with Crippen LogP contribution in [0, 0.1) is 0 Å². The van der Waals surface area contributed by atoms with Crippen LogP contribution in [-0.2, 0) is 6.42 Å². The van der Waals surface area contributed by atoms with Gasteiger partial charge in [-0.15, -0.1) is 0 Å². The van der Waals surface area contributed by atoms with Gasteiger partial charge in [-0.2, -0.15) is 0 Å². The number of hydrogen-bond donors (Lipinski definition) is 1. The molecule has 0 aliphatic rings. The lowest BCUT2D eigenvalue weighted by Crippen LogP contribution is -2.14. The summed E-state index contributed by atoms with van der Waals surface area (Å²) in [5.74, 6) is 1.56. The Morgan fingerprint density at radius 3 is 2.47 bits per heavy atom. The molecule has 1 unspecified atom stereocenters. The molecule has 1 aromatic heterocycles. The van der Waals surface area contributed by atoms with Gasteiger partial charge in [0.25, 0.3) is 0 Å². The Labute approximate surface area is 113 Å². The van der Waals surface area contributed by atoms with Crippen LogP contribution in [0.2, 0.25) is 0 Å². The first kappa shape index (κ1) is 13.4. The third kappa shape index (κ3) is 3.23. The number of methoxy groups -OCH3 is 2. The van der Waals surface area contributed by atoms with Crippen LogP contribution in [0.1, 0.15) is 17.2 Å². The molecular formula is C15H18N2O2. The first-order valence-electron chi connectivity index (χ1n) is 6.11. The molecule has 2 aromatic rings. The van der Waals surface area contributed by atoms with Gasteiger partial charge in [-0.05, 0) is 42.3 Å². The van der Waals surface area contributed by atoms with Crippen molar-refractivity contribution in [2.24, 2.45) is 5.73 Å². The normalized spacial score (nSPS) is 11.9. The second-order valence-electron chi connectivity index (χ2n) is 4.27. The van der Waals surface area contributed by atoms with Gasteiger partial charge in [0.15, 0.2) is 0 Å². The lowest BCUT2D eigenvalue weighted by atomic mass is 9.99. The summed E-state index contributed by atoms with van der Waals surface area (Å²) in [7, 11) is 3.28. The highest BCUT2D eigenvalue weighted by molar-refractivity contribution is 5.42. The van der Waals surface area contributed by atoms with Gasteiger partial charge in [0.1, 0.15) is 11.5 Å². The maximum Gasteiger partial charge on any atom is 0.123 e. The molecular weight excluding hydrogens is 240 g/mol. The predicted octanol–water partition coefficient (Wildman–Crippen LogP) is 2.34. The van der Waals surface area contributed by atoms with Gasteiger partial charge in [-0.25, -0.2) is 0 Å². The predicted molar refractivity (Wildman–Crippen MR) is 74.4 cm³/mol. The van der Waals surface area contributed by atoms with Crippen LogP contribution in [-0.4, -0.2) is 19.2 Å². The minimum Gasteiger partial charge on any atom is -0.497 e. The summed E-state index contributed by atoms with van der Waals surface area (Å²) in [4.78, 5) is 4.00. The largest absolute Gasteiger partial charge is 0.497 e. The highest BCUT2D eigenvalue weighted by Gasteiger charge is 2.13. The van der Waals surface area contributed by atoms with E-state index in [-0.39, 0.29) is 6.04 Å². The Balaban J connectivity index is 2.24. The standard InChI is InChI=1S/C15H18N2O2/c1-18-12-3-4-15(19-2)13(10-12)14(16)9-11-5-7-17-8-6-11/h3-8,10,14H,9,16H2,1-2H3. The van der Waals surface area contributed by atoms with Crippen molar-refractivity contribution in [2.75, 3.05) is 14.2 Å². The maximum atomic E-state index is 6.27. The van der Waals surface area contributed by atoms with Crippen LogP contribution in [0.4, 0.5) is 0 Å². The molecule has 100 valence electrons. The zero-order valence-corrected chi connectivity index (χ0v) is 11.2. The van der Waals surface area contributed by atoms with Crippen molar-refractivity contribution in [3.05, 3.63) is 53.9 Å². The van der Waals surface area contributed by atoms with Gasteiger partial charge >= 0.3 is 0 Å². The molecule has 0 bridgehead atoms. The quantitative estimate of drug-likeness (QED) is 0.894. The molecule has 0 fully saturated rings. The van der Waals surface area contributed by atoms with Crippen molar-refractivity contribution >= 4 is 0 Å². The van der Waals surface area contributed by atoms with E-state index < -0.39 is 0 Å². The first-order valence-corrected chi connectivity index (χ1v) is 6.11. The summed E-state index contributed by atoms with van der Waals surface area (Å²) in [6, 6.07) is 9.44. The van der Waals surface area contributed by atoms with Crippen molar-refractivity contribution in [1.29, 1.82) is 0 Å². The third-order valence-corrected chi connectivity index (χ3v) is 3.04. The molecule has 0 amide bonds. The fourth-order valence-corrected chi connectivity index (χ4v) is 2.01. The molecule has 1 heterocycles. The van der Waals surface area contributed by atoms with E-state index in [0.29, 0.717) is 0 Å². The van der Waals surface area contributed by atoms with Gasteiger partial charge in [0.2, 0.25) is 0 Å². The smallest absolute Gasteiger partial charge is 0.123 e. The van der Waals surface area contributed by atoms with Gasteiger partial charge in [0, 0.05) is 24.0 Å². The number of nitrogens with two attached hydrogens (primary N) is 1. The molecule has 0 aliphatic carbocycles. The summed E-state index contributed by atoms with van der Waals surface area (Å²) in [5, 5.41) is 0. The highest BCUT2D eigenvalue weighted by Crippen LogP contribution is 2.29. The molecule has 4 heteroatoms. The van der Waals surface area contributed by atoms with Crippen molar-refractivity contribution in [3.8, 4) is 11.5 Å².